The van der Waals surface area contributed by atoms with Gasteiger partial charge in [0, 0.05) is 50.7 Å². The lowest BCUT2D eigenvalue weighted by Crippen LogP contribution is -2.53. The molecule has 7 nitrogen and oxygen atoms in total. The number of hydrogen-bond acceptors (Lipinski definition) is 5. The van der Waals surface area contributed by atoms with Crippen molar-refractivity contribution in [2.24, 2.45) is 4.99 Å². The van der Waals surface area contributed by atoms with Gasteiger partial charge < -0.3 is 20.2 Å². The van der Waals surface area contributed by atoms with Crippen LogP contribution in [0.3, 0.4) is 0 Å². The molecule has 3 rings (SSSR count). The van der Waals surface area contributed by atoms with Crippen molar-refractivity contribution in [3.05, 3.63) is 54.1 Å². The van der Waals surface area contributed by atoms with Crippen LogP contribution in [0.1, 0.15) is 18.6 Å². The van der Waals surface area contributed by atoms with E-state index >= 15 is 0 Å². The molecule has 1 fully saturated rings. The van der Waals surface area contributed by atoms with Crippen LogP contribution in [0, 0.1) is 5.82 Å². The first-order chi connectivity index (χ1) is 13.2. The number of nitrogens with one attached hydrogen (secondary N) is 1. The van der Waals surface area contributed by atoms with Crippen LogP contribution in [0.15, 0.2) is 47.7 Å². The van der Waals surface area contributed by atoms with Gasteiger partial charge >= 0.3 is 0 Å². The Balaban J connectivity index is 1.62. The van der Waals surface area contributed by atoms with Crippen LogP contribution in [0.25, 0.3) is 0 Å². The molecule has 0 aliphatic carbocycles. The quantitative estimate of drug-likeness (QED) is 0.611. The van der Waals surface area contributed by atoms with Crippen molar-refractivity contribution in [3.63, 3.8) is 0 Å². The summed E-state index contributed by atoms with van der Waals surface area (Å²) in [6.07, 6.45) is 2.51. The fourth-order valence-electron chi connectivity index (χ4n) is 3.02. The van der Waals surface area contributed by atoms with Gasteiger partial charge in [0.1, 0.15) is 11.9 Å². The summed E-state index contributed by atoms with van der Waals surface area (Å²) in [6.45, 7) is 5.91. The first-order valence-electron chi connectivity index (χ1n) is 9.16. The highest BCUT2D eigenvalue weighted by Crippen LogP contribution is 2.17. The molecule has 2 heterocycles. The van der Waals surface area contributed by atoms with Gasteiger partial charge in [0.15, 0.2) is 5.96 Å². The summed E-state index contributed by atoms with van der Waals surface area (Å²) in [5.74, 6) is 1.04. The average Bonchev–Trinajstić information content (AvgIpc) is 2.72. The molecule has 1 aliphatic rings. The maximum Gasteiger partial charge on any atom is 0.225 e. The van der Waals surface area contributed by atoms with Crippen LogP contribution < -0.4 is 10.2 Å². The average molecular weight is 372 g/mol. The summed E-state index contributed by atoms with van der Waals surface area (Å²) in [5.41, 5.74) is 0.267. The van der Waals surface area contributed by atoms with Gasteiger partial charge in [-0.1, -0.05) is 18.2 Å². The van der Waals surface area contributed by atoms with E-state index in [4.69, 9.17) is 0 Å². The summed E-state index contributed by atoms with van der Waals surface area (Å²) in [4.78, 5) is 17.4. The number of hydrogen-bond donors (Lipinski definition) is 2. The molecule has 0 spiro atoms. The molecule has 0 amide bonds. The van der Waals surface area contributed by atoms with Crippen molar-refractivity contribution in [3.8, 4) is 0 Å². The second kappa shape index (κ2) is 9.27. The van der Waals surface area contributed by atoms with Gasteiger partial charge in [-0.25, -0.2) is 14.4 Å². The number of guanidine groups is 1. The van der Waals surface area contributed by atoms with Crippen molar-refractivity contribution in [1.29, 1.82) is 0 Å². The van der Waals surface area contributed by atoms with Crippen molar-refractivity contribution >= 4 is 11.9 Å². The van der Waals surface area contributed by atoms with Crippen LogP contribution in [0.2, 0.25) is 0 Å². The smallest absolute Gasteiger partial charge is 0.225 e. The number of aliphatic hydroxyl groups excluding tert-OH is 1. The summed E-state index contributed by atoms with van der Waals surface area (Å²) in [6, 6.07) is 8.05. The molecule has 144 valence electrons. The molecule has 2 aromatic rings. The number of aliphatic hydroxyl groups is 1. The number of anilines is 1. The minimum atomic E-state index is -0.973. The van der Waals surface area contributed by atoms with Gasteiger partial charge in [-0.3, -0.25) is 4.99 Å². The molecule has 1 saturated heterocycles. The lowest BCUT2D eigenvalue weighted by molar-refractivity contribution is 0.181. The molecular weight excluding hydrogens is 347 g/mol. The van der Waals surface area contributed by atoms with Gasteiger partial charge in [0.05, 0.1) is 6.54 Å². The highest BCUT2D eigenvalue weighted by molar-refractivity contribution is 5.80. The summed E-state index contributed by atoms with van der Waals surface area (Å²) in [7, 11) is 0. The third-order valence-electron chi connectivity index (χ3n) is 4.43. The Bertz CT molecular complexity index is 749. The molecule has 0 saturated carbocycles. The lowest BCUT2D eigenvalue weighted by Gasteiger charge is -2.36. The predicted molar refractivity (Wildman–Crippen MR) is 103 cm³/mol. The van der Waals surface area contributed by atoms with Crippen molar-refractivity contribution in [1.82, 2.24) is 20.2 Å². The first kappa shape index (κ1) is 19.0. The second-order valence-corrected chi connectivity index (χ2v) is 6.25. The van der Waals surface area contributed by atoms with Crippen LogP contribution in [-0.2, 0) is 0 Å². The Kier molecular flexibility index (Phi) is 6.54. The fourth-order valence-corrected chi connectivity index (χ4v) is 3.02. The molecule has 8 heteroatoms. The summed E-state index contributed by atoms with van der Waals surface area (Å²) < 4.78 is 13.8. The molecule has 1 atom stereocenters. The Morgan fingerprint density at radius 1 is 1.19 bits per heavy atom. The van der Waals surface area contributed by atoms with E-state index in [-0.39, 0.29) is 12.1 Å². The van der Waals surface area contributed by atoms with Crippen LogP contribution in [-0.4, -0.2) is 65.2 Å². The topological polar surface area (TPSA) is 76.9 Å². The minimum absolute atomic E-state index is 0.102. The molecule has 0 radical (unpaired) electrons. The van der Waals surface area contributed by atoms with Gasteiger partial charge in [0.25, 0.3) is 0 Å². The SMILES string of the molecule is CCNC(=NCC(O)c1ccccc1F)N1CCN(c2ncccn2)CC1. The third-order valence-corrected chi connectivity index (χ3v) is 4.43. The van der Waals surface area contributed by atoms with Gasteiger partial charge in [-0.2, -0.15) is 0 Å². The number of piperazine rings is 1. The number of rotatable bonds is 5. The van der Waals surface area contributed by atoms with Gasteiger partial charge in [-0.15, -0.1) is 0 Å². The normalized spacial score (nSPS) is 16.3. The predicted octanol–water partition coefficient (Wildman–Crippen LogP) is 1.44. The summed E-state index contributed by atoms with van der Waals surface area (Å²) >= 11 is 0. The molecule has 2 N–H and O–H groups in total. The number of aromatic nitrogens is 2. The minimum Gasteiger partial charge on any atom is -0.386 e. The van der Waals surface area contributed by atoms with E-state index in [9.17, 15) is 9.50 Å². The fraction of sp³-hybridized carbons (Fsp3) is 0.421. The standard InChI is InChI=1S/C19H25FN6O/c1-2-21-18(24-14-17(27)15-6-3-4-7-16(15)20)25-10-12-26(13-11-25)19-22-8-5-9-23-19/h3-9,17,27H,2,10-14H2,1H3,(H,21,24). The van der Waals surface area contributed by atoms with E-state index in [2.05, 4.69) is 30.1 Å². The van der Waals surface area contributed by atoms with Gasteiger partial charge in [0.2, 0.25) is 5.95 Å². The van der Waals surface area contributed by atoms with Crippen LogP contribution in [0.4, 0.5) is 10.3 Å². The van der Waals surface area contributed by atoms with E-state index in [1.165, 1.54) is 6.07 Å². The zero-order chi connectivity index (χ0) is 19.1. The Morgan fingerprint density at radius 3 is 2.56 bits per heavy atom. The van der Waals surface area contributed by atoms with Crippen molar-refractivity contribution < 1.29 is 9.50 Å². The van der Waals surface area contributed by atoms with E-state index in [1.54, 1.807) is 36.7 Å². The molecule has 27 heavy (non-hydrogen) atoms. The molecule has 1 aromatic heterocycles. The molecular formula is C19H25FN6O. The van der Waals surface area contributed by atoms with E-state index in [1.807, 2.05) is 6.92 Å². The van der Waals surface area contributed by atoms with Crippen LogP contribution in [0.5, 0.6) is 0 Å². The number of halogens is 1. The second-order valence-electron chi connectivity index (χ2n) is 6.25. The van der Waals surface area contributed by atoms with E-state index in [0.29, 0.717) is 0 Å². The third kappa shape index (κ3) is 4.91. The molecule has 1 unspecified atom stereocenters. The number of benzene rings is 1. The molecule has 1 aromatic carbocycles. The Morgan fingerprint density at radius 2 is 1.89 bits per heavy atom. The molecule has 1 aliphatic heterocycles. The van der Waals surface area contributed by atoms with E-state index in [0.717, 1.165) is 44.6 Å². The van der Waals surface area contributed by atoms with Crippen molar-refractivity contribution in [2.45, 2.75) is 13.0 Å². The highest BCUT2D eigenvalue weighted by Gasteiger charge is 2.21. The van der Waals surface area contributed by atoms with Gasteiger partial charge in [-0.05, 0) is 19.1 Å². The summed E-state index contributed by atoms with van der Waals surface area (Å²) in [5, 5.41) is 13.5. The zero-order valence-corrected chi connectivity index (χ0v) is 15.4. The number of nitrogens with zero attached hydrogens (tertiary/aromatic N) is 5. The first-order valence-corrected chi connectivity index (χ1v) is 9.16. The van der Waals surface area contributed by atoms with E-state index < -0.39 is 11.9 Å². The lowest BCUT2D eigenvalue weighted by atomic mass is 10.1. The number of aliphatic imine (C=N–C) groups is 1. The zero-order valence-electron chi connectivity index (χ0n) is 15.4. The monoisotopic (exact) mass is 372 g/mol. The highest BCUT2D eigenvalue weighted by atomic mass is 19.1. The maximum atomic E-state index is 13.8. The van der Waals surface area contributed by atoms with Crippen molar-refractivity contribution in [2.75, 3.05) is 44.2 Å². The largest absolute Gasteiger partial charge is 0.386 e. The maximum absolute atomic E-state index is 13.8. The molecule has 0 bridgehead atoms. The Hall–Kier alpha value is -2.74. The van der Waals surface area contributed by atoms with Crippen LogP contribution >= 0.6 is 0 Å². The Labute approximate surface area is 158 Å².